The van der Waals surface area contributed by atoms with Crippen molar-refractivity contribution in [3.8, 4) is 0 Å². The van der Waals surface area contributed by atoms with Gasteiger partial charge in [0.2, 0.25) is 0 Å². The molecule has 5 nitrogen and oxygen atoms in total. The molecule has 1 saturated heterocycles. The molecule has 0 bridgehead atoms. The van der Waals surface area contributed by atoms with Crippen LogP contribution in [0.5, 0.6) is 0 Å². The molecule has 1 fully saturated rings. The van der Waals surface area contributed by atoms with Gasteiger partial charge in [0.05, 0.1) is 10.7 Å². The summed E-state index contributed by atoms with van der Waals surface area (Å²) >= 11 is 3.32. The van der Waals surface area contributed by atoms with Crippen LogP contribution in [-0.4, -0.2) is 46.3 Å². The van der Waals surface area contributed by atoms with E-state index < -0.39 is 0 Å². The van der Waals surface area contributed by atoms with E-state index in [0.717, 1.165) is 46.5 Å². The fourth-order valence-corrected chi connectivity index (χ4v) is 4.81. The Labute approximate surface area is 168 Å². The summed E-state index contributed by atoms with van der Waals surface area (Å²) in [4.78, 5) is 32.3. The van der Waals surface area contributed by atoms with E-state index in [2.05, 4.69) is 24.1 Å². The van der Waals surface area contributed by atoms with Gasteiger partial charge in [-0.05, 0) is 37.6 Å². The largest absolute Gasteiger partial charge is 0.337 e. The smallest absolute Gasteiger partial charge is 0.267 e. The molecule has 1 N–H and O–H groups in total. The Morgan fingerprint density at radius 2 is 1.89 bits per heavy atom. The molecule has 0 saturated carbocycles. The third-order valence-electron chi connectivity index (χ3n) is 4.53. The van der Waals surface area contributed by atoms with Crippen LogP contribution in [0.1, 0.15) is 56.1 Å². The quantitative estimate of drug-likeness (QED) is 0.826. The van der Waals surface area contributed by atoms with Crippen LogP contribution in [-0.2, 0) is 0 Å². The molecular formula is C20H25N3O2S2. The zero-order valence-electron chi connectivity index (χ0n) is 16.2. The predicted molar refractivity (Wildman–Crippen MR) is 113 cm³/mol. The molecule has 1 aliphatic rings. The molecule has 0 aliphatic carbocycles. The number of nitrogens with zero attached hydrogens (tertiary/aromatic N) is 2. The highest BCUT2D eigenvalue weighted by atomic mass is 32.2. The van der Waals surface area contributed by atoms with Crippen molar-refractivity contribution in [1.29, 1.82) is 0 Å². The number of benzene rings is 1. The molecule has 2 aromatic rings. The fourth-order valence-electron chi connectivity index (χ4n) is 2.94. The Morgan fingerprint density at radius 1 is 1.19 bits per heavy atom. The minimum Gasteiger partial charge on any atom is -0.337 e. The zero-order valence-corrected chi connectivity index (χ0v) is 17.8. The number of carbonyl (C=O) groups is 2. The number of thioether (sulfide) groups is 1. The lowest BCUT2D eigenvalue weighted by molar-refractivity contribution is 0.0772. The molecule has 2 heterocycles. The molecule has 3 rings (SSSR count). The zero-order chi connectivity index (χ0) is 19.6. The molecular weight excluding hydrogens is 378 g/mol. The van der Waals surface area contributed by atoms with Gasteiger partial charge in [-0.25, -0.2) is 4.98 Å². The summed E-state index contributed by atoms with van der Waals surface area (Å²) in [6, 6.07) is 5.48. The first kappa shape index (κ1) is 19.9. The Kier molecular flexibility index (Phi) is 6.22. The van der Waals surface area contributed by atoms with Crippen LogP contribution >= 0.6 is 23.1 Å². The van der Waals surface area contributed by atoms with Crippen LogP contribution in [0.15, 0.2) is 18.2 Å². The average Bonchev–Trinajstić information content (AvgIpc) is 3.05. The lowest BCUT2D eigenvalue weighted by atomic mass is 10.1. The first-order valence-corrected chi connectivity index (χ1v) is 11.1. The highest BCUT2D eigenvalue weighted by Crippen LogP contribution is 2.26. The van der Waals surface area contributed by atoms with Crippen molar-refractivity contribution in [2.75, 3.05) is 29.9 Å². The molecule has 7 heteroatoms. The van der Waals surface area contributed by atoms with E-state index in [1.165, 1.54) is 11.3 Å². The van der Waals surface area contributed by atoms with Crippen LogP contribution in [0.25, 0.3) is 0 Å². The van der Waals surface area contributed by atoms with Gasteiger partial charge in [-0.1, -0.05) is 13.8 Å². The molecule has 2 amide bonds. The van der Waals surface area contributed by atoms with E-state index in [-0.39, 0.29) is 11.8 Å². The van der Waals surface area contributed by atoms with Crippen molar-refractivity contribution in [3.63, 3.8) is 0 Å². The van der Waals surface area contributed by atoms with Crippen LogP contribution in [0, 0.1) is 13.8 Å². The van der Waals surface area contributed by atoms with Gasteiger partial charge >= 0.3 is 0 Å². The topological polar surface area (TPSA) is 62.3 Å². The predicted octanol–water partition coefficient (Wildman–Crippen LogP) is 4.32. The maximum atomic E-state index is 12.7. The highest BCUT2D eigenvalue weighted by Gasteiger charge is 2.20. The molecule has 27 heavy (non-hydrogen) atoms. The molecule has 0 unspecified atom stereocenters. The molecule has 0 atom stereocenters. The number of aromatic nitrogens is 1. The number of amides is 2. The van der Waals surface area contributed by atoms with Crippen molar-refractivity contribution in [2.45, 2.75) is 33.6 Å². The summed E-state index contributed by atoms with van der Waals surface area (Å²) in [6.45, 7) is 9.51. The number of rotatable bonds is 4. The van der Waals surface area contributed by atoms with Gasteiger partial charge in [-0.3, -0.25) is 9.59 Å². The van der Waals surface area contributed by atoms with Gasteiger partial charge in [0.1, 0.15) is 4.88 Å². The number of aryl methyl sites for hydroxylation is 2. The van der Waals surface area contributed by atoms with Crippen LogP contribution in [0.2, 0.25) is 0 Å². The second-order valence-corrected chi connectivity index (χ2v) is 9.27. The second kappa shape index (κ2) is 8.44. The number of carbonyl (C=O) groups excluding carboxylic acids is 2. The lowest BCUT2D eigenvalue weighted by Gasteiger charge is -2.26. The first-order valence-electron chi connectivity index (χ1n) is 9.13. The van der Waals surface area contributed by atoms with E-state index in [4.69, 9.17) is 0 Å². The lowest BCUT2D eigenvalue weighted by Crippen LogP contribution is -2.37. The van der Waals surface area contributed by atoms with Crippen LogP contribution in [0.4, 0.5) is 5.69 Å². The number of thiazole rings is 1. The number of hydrogen-bond acceptors (Lipinski definition) is 5. The third-order valence-corrected chi connectivity index (χ3v) is 6.93. The normalized spacial score (nSPS) is 14.5. The summed E-state index contributed by atoms with van der Waals surface area (Å²) in [6.07, 6.45) is 0. The summed E-state index contributed by atoms with van der Waals surface area (Å²) < 4.78 is 0. The van der Waals surface area contributed by atoms with E-state index in [1.54, 1.807) is 6.07 Å². The summed E-state index contributed by atoms with van der Waals surface area (Å²) in [7, 11) is 0. The maximum Gasteiger partial charge on any atom is 0.267 e. The summed E-state index contributed by atoms with van der Waals surface area (Å²) in [5.74, 6) is 2.20. The van der Waals surface area contributed by atoms with Crippen LogP contribution < -0.4 is 5.32 Å². The molecule has 0 radical (unpaired) electrons. The first-order chi connectivity index (χ1) is 12.9. The maximum absolute atomic E-state index is 12.7. The monoisotopic (exact) mass is 403 g/mol. The SMILES string of the molecule is Cc1cc(C(=O)N2CCSCC2)ccc1NC(=O)c1sc(C(C)C)nc1C. The van der Waals surface area contributed by atoms with Crippen molar-refractivity contribution in [2.24, 2.45) is 0 Å². The average molecular weight is 404 g/mol. The fraction of sp³-hybridized carbons (Fsp3) is 0.450. The third kappa shape index (κ3) is 4.52. The van der Waals surface area contributed by atoms with Gasteiger partial charge in [0.25, 0.3) is 11.8 Å². The molecule has 1 aromatic heterocycles. The summed E-state index contributed by atoms with van der Waals surface area (Å²) in [5, 5.41) is 3.94. The van der Waals surface area contributed by atoms with Gasteiger partial charge in [0, 0.05) is 41.8 Å². The Morgan fingerprint density at radius 3 is 2.48 bits per heavy atom. The van der Waals surface area contributed by atoms with E-state index in [9.17, 15) is 9.59 Å². The van der Waals surface area contributed by atoms with Crippen LogP contribution in [0.3, 0.4) is 0 Å². The molecule has 0 spiro atoms. The second-order valence-electron chi connectivity index (χ2n) is 7.01. The van der Waals surface area contributed by atoms with E-state index >= 15 is 0 Å². The highest BCUT2D eigenvalue weighted by molar-refractivity contribution is 7.99. The molecule has 144 valence electrons. The Hall–Kier alpha value is -1.86. The number of anilines is 1. The van der Waals surface area contributed by atoms with Gasteiger partial charge < -0.3 is 10.2 Å². The molecule has 1 aliphatic heterocycles. The Bertz CT molecular complexity index is 855. The minimum absolute atomic E-state index is 0.0659. The van der Waals surface area contributed by atoms with E-state index in [0.29, 0.717) is 16.4 Å². The van der Waals surface area contributed by atoms with Gasteiger partial charge in [0.15, 0.2) is 0 Å². The number of nitrogens with one attached hydrogen (secondary N) is 1. The summed E-state index contributed by atoms with van der Waals surface area (Å²) in [5.41, 5.74) is 3.04. The van der Waals surface area contributed by atoms with Crippen molar-refractivity contribution < 1.29 is 9.59 Å². The number of hydrogen-bond donors (Lipinski definition) is 1. The van der Waals surface area contributed by atoms with Crippen molar-refractivity contribution >= 4 is 40.6 Å². The molecule has 1 aromatic carbocycles. The standard InChI is InChI=1S/C20H25N3O2S2/c1-12(2)19-21-14(4)17(27-19)18(24)22-16-6-5-15(11-13(16)3)20(25)23-7-9-26-10-8-23/h5-6,11-12H,7-10H2,1-4H3,(H,22,24). The van der Waals surface area contributed by atoms with Crippen molar-refractivity contribution in [1.82, 2.24) is 9.88 Å². The van der Waals surface area contributed by atoms with Crippen molar-refractivity contribution in [3.05, 3.63) is 44.9 Å². The van der Waals surface area contributed by atoms with Gasteiger partial charge in [-0.15, -0.1) is 11.3 Å². The van der Waals surface area contributed by atoms with E-state index in [1.807, 2.05) is 42.6 Å². The minimum atomic E-state index is -0.146. The van der Waals surface area contributed by atoms with Gasteiger partial charge in [-0.2, -0.15) is 11.8 Å². The Balaban J connectivity index is 1.74.